The van der Waals surface area contributed by atoms with Crippen LogP contribution in [0.15, 0.2) is 61.2 Å². The molecule has 2 amide bonds. The van der Waals surface area contributed by atoms with E-state index in [1.165, 1.54) is 29.8 Å². The van der Waals surface area contributed by atoms with Crippen LogP contribution in [0.5, 0.6) is 0 Å². The number of hydrogen-bond donors (Lipinski definition) is 2. The molecule has 0 saturated heterocycles. The first kappa shape index (κ1) is 21.5. The van der Waals surface area contributed by atoms with Gasteiger partial charge in [0.2, 0.25) is 5.91 Å². The van der Waals surface area contributed by atoms with Crippen molar-refractivity contribution in [3.8, 4) is 0 Å². The molecule has 4 rings (SSSR count). The van der Waals surface area contributed by atoms with Crippen molar-refractivity contribution in [2.75, 3.05) is 11.9 Å². The number of hydrogen-bond acceptors (Lipinski definition) is 5. The van der Waals surface area contributed by atoms with Gasteiger partial charge in [-0.15, -0.1) is 0 Å². The van der Waals surface area contributed by atoms with Crippen molar-refractivity contribution < 1.29 is 9.59 Å². The Morgan fingerprint density at radius 3 is 2.34 bits per heavy atom. The smallest absolute Gasteiger partial charge is 0.255 e. The number of anilines is 2. The summed E-state index contributed by atoms with van der Waals surface area (Å²) in [6.07, 6.45) is 5.48. The van der Waals surface area contributed by atoms with Crippen LogP contribution in [0, 0.1) is 13.8 Å². The van der Waals surface area contributed by atoms with Crippen molar-refractivity contribution in [2.45, 2.75) is 38.8 Å². The minimum atomic E-state index is -0.837. The molecular weight excluding hydrogens is 402 g/mol. The lowest BCUT2D eigenvalue weighted by Gasteiger charge is -2.22. The number of carbonyl (C=O) groups excluding carboxylic acids is 2. The third kappa shape index (κ3) is 4.61. The van der Waals surface area contributed by atoms with Gasteiger partial charge >= 0.3 is 0 Å². The van der Waals surface area contributed by atoms with E-state index in [9.17, 15) is 9.59 Å². The second-order valence-corrected chi connectivity index (χ2v) is 8.36. The fourth-order valence-electron chi connectivity index (χ4n) is 3.75. The van der Waals surface area contributed by atoms with Gasteiger partial charge < -0.3 is 15.5 Å². The number of benzene rings is 2. The first-order valence-corrected chi connectivity index (χ1v) is 10.6. The molecule has 7 heteroatoms. The Morgan fingerprint density at radius 2 is 1.72 bits per heavy atom. The molecule has 0 bridgehead atoms. The summed E-state index contributed by atoms with van der Waals surface area (Å²) in [5.74, 6) is -0.504. The van der Waals surface area contributed by atoms with Crippen molar-refractivity contribution in [1.29, 1.82) is 0 Å². The van der Waals surface area contributed by atoms with Crippen molar-refractivity contribution in [2.24, 2.45) is 0 Å². The molecule has 0 aliphatic heterocycles. The number of carbonyl (C=O) groups is 2. The normalized spacial score (nSPS) is 13.8. The highest BCUT2D eigenvalue weighted by atomic mass is 16.2. The number of amides is 2. The molecular formula is C25H27N5O2. The van der Waals surface area contributed by atoms with Crippen LogP contribution in [-0.2, 0) is 11.3 Å². The largest absolute Gasteiger partial charge is 0.350 e. The van der Waals surface area contributed by atoms with Crippen LogP contribution in [-0.4, -0.2) is 34.4 Å². The van der Waals surface area contributed by atoms with Crippen molar-refractivity contribution in [3.05, 3.63) is 83.4 Å². The number of aromatic nitrogens is 2. The van der Waals surface area contributed by atoms with E-state index in [1.807, 2.05) is 31.3 Å². The van der Waals surface area contributed by atoms with Gasteiger partial charge in [0.1, 0.15) is 11.9 Å². The molecule has 2 N–H and O–H groups in total. The molecule has 0 unspecified atom stereocenters. The summed E-state index contributed by atoms with van der Waals surface area (Å²) in [4.78, 5) is 34.9. The second kappa shape index (κ2) is 8.78. The number of nitrogens with one attached hydrogen (secondary N) is 2. The quantitative estimate of drug-likeness (QED) is 0.601. The van der Waals surface area contributed by atoms with Crippen LogP contribution in [0.1, 0.15) is 39.9 Å². The third-order valence-corrected chi connectivity index (χ3v) is 5.85. The zero-order valence-corrected chi connectivity index (χ0v) is 18.6. The third-order valence-electron chi connectivity index (χ3n) is 5.85. The van der Waals surface area contributed by atoms with Gasteiger partial charge in [-0.2, -0.15) is 0 Å². The lowest BCUT2D eigenvalue weighted by Crippen LogP contribution is -2.48. The fraction of sp³-hybridized carbons (Fsp3) is 0.280. The summed E-state index contributed by atoms with van der Waals surface area (Å²) in [7, 11) is 2.05. The molecule has 1 heterocycles. The van der Waals surface area contributed by atoms with E-state index >= 15 is 0 Å². The van der Waals surface area contributed by atoms with E-state index in [1.54, 1.807) is 0 Å². The maximum Gasteiger partial charge on any atom is 0.255 e. The zero-order valence-electron chi connectivity index (χ0n) is 18.6. The highest BCUT2D eigenvalue weighted by molar-refractivity contribution is 6.00. The van der Waals surface area contributed by atoms with Gasteiger partial charge in [0.15, 0.2) is 0 Å². The first-order valence-electron chi connectivity index (χ1n) is 10.6. The van der Waals surface area contributed by atoms with Gasteiger partial charge in [-0.05, 0) is 56.0 Å². The Balaban J connectivity index is 1.35. The molecule has 3 aromatic rings. The van der Waals surface area contributed by atoms with E-state index in [2.05, 4.69) is 57.5 Å². The van der Waals surface area contributed by atoms with Crippen LogP contribution in [0.4, 0.5) is 11.4 Å². The summed E-state index contributed by atoms with van der Waals surface area (Å²) in [6.45, 7) is 4.60. The molecule has 1 aliphatic carbocycles. The highest BCUT2D eigenvalue weighted by Crippen LogP contribution is 2.36. The standard InChI is InChI=1S/C25H27N5O2/c1-17-4-9-22(18(2)12-17)30(3)21-7-5-19(6-8-21)13-28-24(32)25(10-11-25)29-23(31)20-14-26-16-27-15-20/h4-9,12,14-16H,10-11,13H2,1-3H3,(H,28,32)(H,29,31). The molecule has 1 saturated carbocycles. The first-order chi connectivity index (χ1) is 15.4. The van der Waals surface area contributed by atoms with Gasteiger partial charge in [-0.1, -0.05) is 29.8 Å². The highest BCUT2D eigenvalue weighted by Gasteiger charge is 2.51. The second-order valence-electron chi connectivity index (χ2n) is 8.36. The summed E-state index contributed by atoms with van der Waals surface area (Å²) in [6, 6.07) is 14.5. The predicted molar refractivity (Wildman–Crippen MR) is 124 cm³/mol. The van der Waals surface area contributed by atoms with Crippen molar-refractivity contribution >= 4 is 23.2 Å². The van der Waals surface area contributed by atoms with E-state index in [0.717, 1.165) is 16.9 Å². The zero-order chi connectivity index (χ0) is 22.7. The lowest BCUT2D eigenvalue weighted by atomic mass is 10.1. The molecule has 1 aromatic heterocycles. The molecule has 32 heavy (non-hydrogen) atoms. The number of nitrogens with zero attached hydrogens (tertiary/aromatic N) is 3. The molecule has 1 aliphatic rings. The lowest BCUT2D eigenvalue weighted by molar-refractivity contribution is -0.124. The Hall–Kier alpha value is -3.74. The molecule has 7 nitrogen and oxygen atoms in total. The van der Waals surface area contributed by atoms with Gasteiger partial charge in [-0.3, -0.25) is 9.59 Å². The predicted octanol–water partition coefficient (Wildman–Crippen LogP) is 3.44. The van der Waals surface area contributed by atoms with E-state index in [0.29, 0.717) is 24.9 Å². The Labute approximate surface area is 187 Å². The topological polar surface area (TPSA) is 87.2 Å². The Bertz CT molecular complexity index is 1120. The van der Waals surface area contributed by atoms with E-state index < -0.39 is 5.54 Å². The SMILES string of the molecule is Cc1ccc(N(C)c2ccc(CNC(=O)C3(NC(=O)c4cncnc4)CC3)cc2)c(C)c1. The van der Waals surface area contributed by atoms with Crippen LogP contribution in [0.2, 0.25) is 0 Å². The summed E-state index contributed by atoms with van der Waals surface area (Å²) in [5.41, 5.74) is 5.20. The monoisotopic (exact) mass is 429 g/mol. The van der Waals surface area contributed by atoms with Crippen LogP contribution < -0.4 is 15.5 Å². The van der Waals surface area contributed by atoms with Gasteiger partial charge in [0, 0.05) is 37.4 Å². The average Bonchev–Trinajstić information content (AvgIpc) is 3.58. The Kier molecular flexibility index (Phi) is 5.90. The maximum atomic E-state index is 12.7. The average molecular weight is 430 g/mol. The van der Waals surface area contributed by atoms with Crippen LogP contribution >= 0.6 is 0 Å². The van der Waals surface area contributed by atoms with E-state index in [-0.39, 0.29) is 11.8 Å². The van der Waals surface area contributed by atoms with Crippen LogP contribution in [0.25, 0.3) is 0 Å². The van der Waals surface area contributed by atoms with Crippen molar-refractivity contribution in [1.82, 2.24) is 20.6 Å². The van der Waals surface area contributed by atoms with Gasteiger partial charge in [0.05, 0.1) is 5.56 Å². The van der Waals surface area contributed by atoms with Gasteiger partial charge in [0.25, 0.3) is 5.91 Å². The summed E-state index contributed by atoms with van der Waals surface area (Å²) >= 11 is 0. The number of rotatable bonds is 7. The number of aryl methyl sites for hydroxylation is 2. The molecule has 164 valence electrons. The molecule has 0 atom stereocenters. The molecule has 2 aromatic carbocycles. The minimum Gasteiger partial charge on any atom is -0.350 e. The minimum absolute atomic E-state index is 0.167. The van der Waals surface area contributed by atoms with Crippen LogP contribution in [0.3, 0.4) is 0 Å². The molecule has 0 spiro atoms. The maximum absolute atomic E-state index is 12.7. The van der Waals surface area contributed by atoms with Gasteiger partial charge in [-0.25, -0.2) is 9.97 Å². The summed E-state index contributed by atoms with van der Waals surface area (Å²) < 4.78 is 0. The Morgan fingerprint density at radius 1 is 1.03 bits per heavy atom. The summed E-state index contributed by atoms with van der Waals surface area (Å²) in [5, 5.41) is 5.79. The fourth-order valence-corrected chi connectivity index (χ4v) is 3.75. The molecule has 1 fully saturated rings. The molecule has 0 radical (unpaired) electrons. The van der Waals surface area contributed by atoms with Crippen molar-refractivity contribution in [3.63, 3.8) is 0 Å². The van der Waals surface area contributed by atoms with E-state index in [4.69, 9.17) is 0 Å².